The molecule has 0 aliphatic rings. The number of aromatic nitrogens is 3. The van der Waals surface area contributed by atoms with E-state index < -0.39 is 0 Å². The molecule has 0 spiro atoms. The minimum Gasteiger partial charge on any atom is -0.208 e. The zero-order valence-corrected chi connectivity index (χ0v) is 25.0. The molecule has 0 saturated carbocycles. The molecule has 1 heterocycles. The van der Waals surface area contributed by atoms with E-state index in [1.54, 1.807) is 0 Å². The van der Waals surface area contributed by atoms with Gasteiger partial charge in [0.05, 0.1) is 0 Å². The average molecular weight is 568 g/mol. The Balaban J connectivity index is 1.50. The number of rotatable bonds is 8. The van der Waals surface area contributed by atoms with Crippen LogP contribution in [0.5, 0.6) is 0 Å². The molecule has 5 aromatic carbocycles. The van der Waals surface area contributed by atoms with Crippen molar-refractivity contribution in [3.05, 3.63) is 169 Å². The summed E-state index contributed by atoms with van der Waals surface area (Å²) in [6, 6.07) is 37.6. The van der Waals surface area contributed by atoms with E-state index in [0.29, 0.717) is 17.5 Å². The maximum absolute atomic E-state index is 5.07. The fraction of sp³-hybridized carbons (Fsp3) is 0.0488. The van der Waals surface area contributed by atoms with Gasteiger partial charge in [0.15, 0.2) is 17.5 Å². The first-order valence-electron chi connectivity index (χ1n) is 14.8. The van der Waals surface area contributed by atoms with Crippen LogP contribution in [0.25, 0.3) is 61.3 Å². The van der Waals surface area contributed by atoms with Crippen molar-refractivity contribution in [2.24, 2.45) is 0 Å². The third-order valence-electron chi connectivity index (χ3n) is 7.88. The van der Waals surface area contributed by atoms with Crippen molar-refractivity contribution in [1.82, 2.24) is 15.0 Å². The van der Waals surface area contributed by atoms with E-state index in [1.807, 2.05) is 32.1 Å². The number of fused-ring (bicyclic) bond motifs is 2. The van der Waals surface area contributed by atoms with E-state index in [-0.39, 0.29) is 0 Å². The summed E-state index contributed by atoms with van der Waals surface area (Å²) < 4.78 is 0. The monoisotopic (exact) mass is 567 g/mol. The van der Waals surface area contributed by atoms with Crippen molar-refractivity contribution in [3.63, 3.8) is 0 Å². The second-order valence-electron chi connectivity index (χ2n) is 10.4. The van der Waals surface area contributed by atoms with Crippen LogP contribution < -0.4 is 0 Å². The number of benzene rings is 5. The first-order valence-corrected chi connectivity index (χ1v) is 14.8. The van der Waals surface area contributed by atoms with Crippen LogP contribution in [0.15, 0.2) is 164 Å². The zero-order chi connectivity index (χ0) is 30.5. The molecule has 0 saturated heterocycles. The Labute approximate surface area is 259 Å². The van der Waals surface area contributed by atoms with Crippen LogP contribution in [0, 0.1) is 0 Å². The van der Waals surface area contributed by atoms with Crippen molar-refractivity contribution in [1.29, 1.82) is 0 Å². The molecule has 3 heteroatoms. The molecule has 0 bridgehead atoms. The number of hydrogen-bond donors (Lipinski definition) is 0. The number of allylic oxidation sites excluding steroid dienone is 8. The molecule has 1 aromatic heterocycles. The Morgan fingerprint density at radius 3 is 1.52 bits per heavy atom. The quantitative estimate of drug-likeness (QED) is 0.172. The van der Waals surface area contributed by atoms with Gasteiger partial charge in [-0.15, -0.1) is 0 Å². The van der Waals surface area contributed by atoms with Gasteiger partial charge in [-0.3, -0.25) is 0 Å². The van der Waals surface area contributed by atoms with Crippen LogP contribution >= 0.6 is 0 Å². The Bertz CT molecular complexity index is 2000. The summed E-state index contributed by atoms with van der Waals surface area (Å²) >= 11 is 0. The van der Waals surface area contributed by atoms with E-state index in [0.717, 1.165) is 60.5 Å². The Morgan fingerprint density at radius 2 is 1.02 bits per heavy atom. The molecule has 0 aliphatic carbocycles. The predicted octanol–water partition coefficient (Wildman–Crippen LogP) is 10.8. The lowest BCUT2D eigenvalue weighted by atomic mass is 9.97. The Morgan fingerprint density at radius 1 is 0.523 bits per heavy atom. The molecule has 6 aromatic rings. The zero-order valence-electron chi connectivity index (χ0n) is 25.0. The summed E-state index contributed by atoms with van der Waals surface area (Å²) in [7, 11) is 0. The minimum atomic E-state index is 0.629. The molecule has 0 unspecified atom stereocenters. The molecule has 0 fully saturated rings. The van der Waals surface area contributed by atoms with E-state index in [1.165, 1.54) is 0 Å². The second-order valence-corrected chi connectivity index (χ2v) is 10.4. The van der Waals surface area contributed by atoms with Gasteiger partial charge in [0.2, 0.25) is 0 Å². The smallest absolute Gasteiger partial charge is 0.164 e. The molecule has 0 amide bonds. The van der Waals surface area contributed by atoms with Crippen molar-refractivity contribution < 1.29 is 0 Å². The maximum Gasteiger partial charge on any atom is 0.164 e. The fourth-order valence-electron chi connectivity index (χ4n) is 5.56. The average Bonchev–Trinajstić information content (AvgIpc) is 3.09. The first kappa shape index (κ1) is 28.4. The highest BCUT2D eigenvalue weighted by molar-refractivity contribution is 5.97. The van der Waals surface area contributed by atoms with Gasteiger partial charge >= 0.3 is 0 Å². The Hall–Kier alpha value is -5.67. The van der Waals surface area contributed by atoms with Crippen molar-refractivity contribution >= 4 is 27.1 Å². The van der Waals surface area contributed by atoms with Gasteiger partial charge in [-0.1, -0.05) is 147 Å². The van der Waals surface area contributed by atoms with E-state index in [4.69, 9.17) is 15.0 Å². The topological polar surface area (TPSA) is 38.7 Å². The van der Waals surface area contributed by atoms with Crippen LogP contribution in [0.2, 0.25) is 0 Å². The molecule has 0 atom stereocenters. The van der Waals surface area contributed by atoms with Gasteiger partial charge in [-0.2, -0.15) is 0 Å². The molecule has 0 N–H and O–H groups in total. The highest BCUT2D eigenvalue weighted by Gasteiger charge is 2.16. The lowest BCUT2D eigenvalue weighted by molar-refractivity contribution is 1.08. The summed E-state index contributed by atoms with van der Waals surface area (Å²) in [6.07, 6.45) is 10.0. The fourth-order valence-corrected chi connectivity index (χ4v) is 5.56. The van der Waals surface area contributed by atoms with Crippen molar-refractivity contribution in [3.8, 4) is 34.2 Å². The summed E-state index contributed by atoms with van der Waals surface area (Å²) in [4.78, 5) is 15.2. The SMILES string of the molecule is C=CC(=CC)/C(C=C)=C\C(=C/C)c1ccc(-c2nc(-c3cccc4ccccc34)nc(-c3cccc4ccccc34)n2)cc1. The highest BCUT2D eigenvalue weighted by Crippen LogP contribution is 2.32. The van der Waals surface area contributed by atoms with Gasteiger partial charge < -0.3 is 0 Å². The molecule has 212 valence electrons. The van der Waals surface area contributed by atoms with Crippen LogP contribution in [0.3, 0.4) is 0 Å². The molecule has 44 heavy (non-hydrogen) atoms. The van der Waals surface area contributed by atoms with Gasteiger partial charge in [0.25, 0.3) is 0 Å². The summed E-state index contributed by atoms with van der Waals surface area (Å²) in [5, 5.41) is 4.50. The minimum absolute atomic E-state index is 0.629. The predicted molar refractivity (Wildman–Crippen MR) is 187 cm³/mol. The summed E-state index contributed by atoms with van der Waals surface area (Å²) in [5.41, 5.74) is 7.13. The van der Waals surface area contributed by atoms with Crippen molar-refractivity contribution in [2.75, 3.05) is 0 Å². The third kappa shape index (κ3) is 5.56. The summed E-state index contributed by atoms with van der Waals surface area (Å²) in [6.45, 7) is 12.0. The highest BCUT2D eigenvalue weighted by atomic mass is 15.0. The van der Waals surface area contributed by atoms with E-state index in [9.17, 15) is 0 Å². The maximum atomic E-state index is 5.07. The molecule has 3 nitrogen and oxygen atoms in total. The lowest BCUT2D eigenvalue weighted by Crippen LogP contribution is -2.01. The lowest BCUT2D eigenvalue weighted by Gasteiger charge is -2.12. The molecule has 0 radical (unpaired) electrons. The van der Waals surface area contributed by atoms with E-state index in [2.05, 4.69) is 135 Å². The van der Waals surface area contributed by atoms with E-state index >= 15 is 0 Å². The van der Waals surface area contributed by atoms with Gasteiger partial charge in [0, 0.05) is 16.7 Å². The normalized spacial score (nSPS) is 12.5. The first-order chi connectivity index (χ1) is 21.6. The largest absolute Gasteiger partial charge is 0.208 e. The standard InChI is InChI=1S/C41H33N3/c1-5-28(6-2)29(7-3)27-30(8-4)31-23-25-34(26-24-31)39-42-40(37-21-13-17-32-15-9-11-19-35(32)37)44-41(43-39)38-22-14-18-33-16-10-12-20-36(33)38/h5-27H,1,3H2,2,4H3/b28-6?,29-27-,30-8+. The Kier molecular flexibility index (Phi) is 8.20. The van der Waals surface area contributed by atoms with Crippen LogP contribution in [0.1, 0.15) is 19.4 Å². The molecule has 6 rings (SSSR count). The second kappa shape index (κ2) is 12.7. The van der Waals surface area contributed by atoms with Gasteiger partial charge in [-0.05, 0) is 63.8 Å². The van der Waals surface area contributed by atoms with Crippen LogP contribution in [-0.4, -0.2) is 15.0 Å². The van der Waals surface area contributed by atoms with Crippen LogP contribution in [-0.2, 0) is 0 Å². The third-order valence-corrected chi connectivity index (χ3v) is 7.88. The molecular weight excluding hydrogens is 534 g/mol. The van der Waals surface area contributed by atoms with Gasteiger partial charge in [-0.25, -0.2) is 15.0 Å². The van der Waals surface area contributed by atoms with Crippen molar-refractivity contribution in [2.45, 2.75) is 13.8 Å². The van der Waals surface area contributed by atoms with Crippen LogP contribution in [0.4, 0.5) is 0 Å². The summed E-state index contributed by atoms with van der Waals surface area (Å²) in [5.74, 6) is 1.93. The molecular formula is C41H33N3. The number of hydrogen-bond acceptors (Lipinski definition) is 3. The van der Waals surface area contributed by atoms with Gasteiger partial charge in [0.1, 0.15) is 0 Å². The molecule has 0 aliphatic heterocycles. The number of nitrogens with zero attached hydrogens (tertiary/aromatic N) is 3.